The fourth-order valence-corrected chi connectivity index (χ4v) is 0.648. The van der Waals surface area contributed by atoms with E-state index in [2.05, 4.69) is 4.74 Å². The Bertz CT molecular complexity index is 146. The summed E-state index contributed by atoms with van der Waals surface area (Å²) in [5.41, 5.74) is 0. The molecule has 0 aromatic rings. The van der Waals surface area contributed by atoms with Crippen LogP contribution in [0.15, 0.2) is 0 Å². The minimum Gasteiger partial charge on any atom is -0.481 e. The summed E-state index contributed by atoms with van der Waals surface area (Å²) in [6, 6.07) is 0. The van der Waals surface area contributed by atoms with E-state index in [9.17, 15) is 9.59 Å². The van der Waals surface area contributed by atoms with Crippen molar-refractivity contribution in [3.05, 3.63) is 0 Å². The van der Waals surface area contributed by atoms with Crippen molar-refractivity contribution in [2.45, 2.75) is 25.7 Å². The molecule has 0 spiro atoms. The van der Waals surface area contributed by atoms with Crippen LogP contribution in [0.2, 0.25) is 0 Å². The Kier molecular flexibility index (Phi) is 10.1. The van der Waals surface area contributed by atoms with Crippen molar-refractivity contribution in [2.75, 3.05) is 7.11 Å². The van der Waals surface area contributed by atoms with Crippen LogP contribution in [-0.2, 0) is 14.3 Å². The summed E-state index contributed by atoms with van der Waals surface area (Å²) in [4.78, 5) is 20.5. The molecule has 0 heterocycles. The van der Waals surface area contributed by atoms with Gasteiger partial charge in [-0.15, -0.1) is 0 Å². The third-order valence-electron chi connectivity index (χ3n) is 1.25. The number of carboxylic acids is 1. The predicted molar refractivity (Wildman–Crippen MR) is 43.9 cm³/mol. The number of rotatable bonds is 5. The number of aliphatic carboxylic acids is 1. The van der Waals surface area contributed by atoms with E-state index in [1.807, 2.05) is 0 Å². The summed E-state index contributed by atoms with van der Waals surface area (Å²) < 4.78 is 4.37. The first-order valence-corrected chi connectivity index (χ1v) is 3.45. The zero-order valence-electron chi connectivity index (χ0n) is 7.50. The van der Waals surface area contributed by atoms with Crippen LogP contribution in [0, 0.1) is 0 Å². The van der Waals surface area contributed by atoms with E-state index in [-0.39, 0.29) is 31.3 Å². The van der Waals surface area contributed by atoms with Gasteiger partial charge in [-0.05, 0) is 12.8 Å². The van der Waals surface area contributed by atoms with Gasteiger partial charge in [0.2, 0.25) is 0 Å². The number of esters is 1. The van der Waals surface area contributed by atoms with Gasteiger partial charge in [0, 0.05) is 31.7 Å². The van der Waals surface area contributed by atoms with Crippen LogP contribution in [0.4, 0.5) is 0 Å². The average Bonchev–Trinajstić information content (AvgIpc) is 1.97. The first-order chi connectivity index (χ1) is 5.16. The molecular weight excluding hydrogens is 155 g/mol. The molecule has 0 amide bonds. The zero-order valence-corrected chi connectivity index (χ0v) is 7.50. The molecule has 0 aliphatic heterocycles. The van der Waals surface area contributed by atoms with Crippen molar-refractivity contribution in [1.29, 1.82) is 0 Å². The first-order valence-electron chi connectivity index (χ1n) is 3.45. The van der Waals surface area contributed by atoms with E-state index < -0.39 is 5.97 Å². The van der Waals surface area contributed by atoms with Crippen molar-refractivity contribution in [2.24, 2.45) is 0 Å². The Hall–Kier alpha value is -0.463. The monoisotopic (exact) mass is 167 g/mol. The van der Waals surface area contributed by atoms with Gasteiger partial charge < -0.3 is 9.84 Å². The van der Waals surface area contributed by atoms with Gasteiger partial charge in [0.15, 0.2) is 0 Å². The van der Waals surface area contributed by atoms with Gasteiger partial charge in [0.1, 0.15) is 0 Å². The van der Waals surface area contributed by atoms with E-state index >= 15 is 0 Å². The molecule has 0 unspecified atom stereocenters. The Morgan fingerprint density at radius 1 is 1.25 bits per heavy atom. The number of carbonyl (C=O) groups excluding carboxylic acids is 1. The maximum atomic E-state index is 10.5. The largest absolute Gasteiger partial charge is 0.481 e. The van der Waals surface area contributed by atoms with E-state index in [1.165, 1.54) is 7.11 Å². The topological polar surface area (TPSA) is 63.6 Å². The number of hydrogen-bond acceptors (Lipinski definition) is 3. The molecular formula is C7H12LiO4. The molecule has 1 N–H and O–H groups in total. The van der Waals surface area contributed by atoms with Gasteiger partial charge in [-0.2, -0.15) is 0 Å². The van der Waals surface area contributed by atoms with Gasteiger partial charge >= 0.3 is 11.9 Å². The molecule has 0 bridgehead atoms. The second-order valence-electron chi connectivity index (χ2n) is 2.18. The number of hydrogen-bond donors (Lipinski definition) is 1. The van der Waals surface area contributed by atoms with Gasteiger partial charge in [-0.1, -0.05) is 0 Å². The molecule has 0 atom stereocenters. The van der Waals surface area contributed by atoms with Crippen LogP contribution in [0.1, 0.15) is 25.7 Å². The van der Waals surface area contributed by atoms with Crippen LogP contribution >= 0.6 is 0 Å². The van der Waals surface area contributed by atoms with Gasteiger partial charge in [0.05, 0.1) is 7.11 Å². The third kappa shape index (κ3) is 9.54. The van der Waals surface area contributed by atoms with Gasteiger partial charge in [-0.25, -0.2) is 0 Å². The molecule has 4 nitrogen and oxygen atoms in total. The first kappa shape index (κ1) is 14.1. The Morgan fingerprint density at radius 2 is 1.75 bits per heavy atom. The predicted octanol–water partition coefficient (Wildman–Crippen LogP) is 0.424. The quantitative estimate of drug-likeness (QED) is 0.366. The molecule has 0 saturated heterocycles. The molecule has 65 valence electrons. The number of carbonyl (C=O) groups is 2. The summed E-state index contributed by atoms with van der Waals surface area (Å²) in [5, 5.41) is 8.22. The van der Waals surface area contributed by atoms with Crippen molar-refractivity contribution in [3.63, 3.8) is 0 Å². The molecule has 0 aromatic carbocycles. The van der Waals surface area contributed by atoms with Crippen LogP contribution in [0.25, 0.3) is 0 Å². The molecule has 5 heteroatoms. The van der Waals surface area contributed by atoms with Crippen LogP contribution < -0.4 is 0 Å². The summed E-state index contributed by atoms with van der Waals surface area (Å²) in [6.07, 6.45) is 1.55. The van der Waals surface area contributed by atoms with E-state index in [0.717, 1.165) is 0 Å². The summed E-state index contributed by atoms with van der Waals surface area (Å²) in [6.45, 7) is 0. The van der Waals surface area contributed by atoms with Crippen molar-refractivity contribution in [1.82, 2.24) is 0 Å². The Balaban J connectivity index is 0. The molecule has 0 aliphatic rings. The summed E-state index contributed by atoms with van der Waals surface area (Å²) in [7, 11) is 1.32. The average molecular weight is 167 g/mol. The van der Waals surface area contributed by atoms with Crippen molar-refractivity contribution < 1.29 is 19.4 Å². The SMILES string of the molecule is COC(=O)CCCCC(=O)O.[Li]. The van der Waals surface area contributed by atoms with Crippen LogP contribution in [-0.4, -0.2) is 43.0 Å². The molecule has 1 radical (unpaired) electrons. The Labute approximate surface area is 83.5 Å². The normalized spacial score (nSPS) is 8.42. The second-order valence-corrected chi connectivity index (χ2v) is 2.18. The van der Waals surface area contributed by atoms with Crippen molar-refractivity contribution in [3.8, 4) is 0 Å². The fourth-order valence-electron chi connectivity index (χ4n) is 0.648. The molecule has 0 aliphatic carbocycles. The van der Waals surface area contributed by atoms with Gasteiger partial charge in [-0.3, -0.25) is 9.59 Å². The number of carboxylic acid groups (broad SMARTS) is 1. The molecule has 12 heavy (non-hydrogen) atoms. The van der Waals surface area contributed by atoms with Crippen LogP contribution in [0.5, 0.6) is 0 Å². The summed E-state index contributed by atoms with van der Waals surface area (Å²) >= 11 is 0. The van der Waals surface area contributed by atoms with Gasteiger partial charge in [0.25, 0.3) is 0 Å². The minimum absolute atomic E-state index is 0. The van der Waals surface area contributed by atoms with E-state index in [1.54, 1.807) is 0 Å². The molecule has 0 rings (SSSR count). The van der Waals surface area contributed by atoms with Crippen molar-refractivity contribution >= 4 is 30.8 Å². The Morgan fingerprint density at radius 3 is 2.17 bits per heavy atom. The standard InChI is InChI=1S/C7H12O4.Li/c1-11-7(10)5-3-2-4-6(8)9;/h2-5H2,1H3,(H,8,9);. The molecule has 0 saturated carbocycles. The second kappa shape index (κ2) is 8.63. The van der Waals surface area contributed by atoms with Crippen LogP contribution in [0.3, 0.4) is 0 Å². The molecule has 0 fully saturated rings. The van der Waals surface area contributed by atoms with E-state index in [4.69, 9.17) is 5.11 Å². The number of methoxy groups -OCH3 is 1. The zero-order chi connectivity index (χ0) is 8.69. The third-order valence-corrected chi connectivity index (χ3v) is 1.25. The maximum Gasteiger partial charge on any atom is 0.305 e. The maximum absolute atomic E-state index is 10.5. The number of unbranched alkanes of at least 4 members (excludes halogenated alkanes) is 1. The molecule has 0 aromatic heterocycles. The fraction of sp³-hybridized carbons (Fsp3) is 0.714. The van der Waals surface area contributed by atoms with E-state index in [0.29, 0.717) is 19.3 Å². The summed E-state index contributed by atoms with van der Waals surface area (Å²) in [5.74, 6) is -1.11. The number of ether oxygens (including phenoxy) is 1. The smallest absolute Gasteiger partial charge is 0.305 e. The minimum atomic E-state index is -0.824.